The molecule has 0 aliphatic heterocycles. The Bertz CT molecular complexity index is 474. The predicted octanol–water partition coefficient (Wildman–Crippen LogP) is 3.50. The number of benzene rings is 1. The minimum absolute atomic E-state index is 0.212. The number of pyridine rings is 1. The van der Waals surface area contributed by atoms with Gasteiger partial charge in [-0.25, -0.2) is 4.39 Å². The molecule has 0 radical (unpaired) electrons. The number of aromatic nitrogens is 1. The zero-order chi connectivity index (χ0) is 10.8. The lowest BCUT2D eigenvalue weighted by Crippen LogP contribution is -1.88. The smallest absolute Gasteiger partial charge is 0.123 e. The molecule has 0 atom stereocenters. The molecule has 1 aromatic carbocycles. The van der Waals surface area contributed by atoms with Gasteiger partial charge in [-0.1, -0.05) is 12.1 Å². The van der Waals surface area contributed by atoms with Gasteiger partial charge in [0, 0.05) is 17.5 Å². The van der Waals surface area contributed by atoms with E-state index >= 15 is 0 Å². The standard InChI is InChI=1S/C13H12FN/c1-9-7-10(2)15-8-13(9)11-3-5-12(14)6-4-11/h3-8H,1-2H3. The Morgan fingerprint density at radius 2 is 1.73 bits per heavy atom. The van der Waals surface area contributed by atoms with Crippen molar-refractivity contribution in [1.82, 2.24) is 4.98 Å². The Balaban J connectivity index is 2.49. The highest BCUT2D eigenvalue weighted by molar-refractivity contribution is 5.66. The van der Waals surface area contributed by atoms with E-state index in [-0.39, 0.29) is 5.82 Å². The maximum absolute atomic E-state index is 12.8. The van der Waals surface area contributed by atoms with E-state index in [2.05, 4.69) is 4.98 Å². The van der Waals surface area contributed by atoms with E-state index in [1.54, 1.807) is 12.1 Å². The van der Waals surface area contributed by atoms with Crippen molar-refractivity contribution in [3.8, 4) is 11.1 Å². The molecule has 15 heavy (non-hydrogen) atoms. The van der Waals surface area contributed by atoms with Gasteiger partial charge in [-0.3, -0.25) is 4.98 Å². The highest BCUT2D eigenvalue weighted by Crippen LogP contribution is 2.22. The molecule has 0 aliphatic rings. The van der Waals surface area contributed by atoms with Gasteiger partial charge in [0.2, 0.25) is 0 Å². The molecular formula is C13H12FN. The van der Waals surface area contributed by atoms with Crippen molar-refractivity contribution < 1.29 is 4.39 Å². The summed E-state index contributed by atoms with van der Waals surface area (Å²) in [6.07, 6.45) is 1.83. The third kappa shape index (κ3) is 2.04. The molecular weight excluding hydrogens is 189 g/mol. The van der Waals surface area contributed by atoms with E-state index in [0.29, 0.717) is 0 Å². The normalized spacial score (nSPS) is 10.3. The quantitative estimate of drug-likeness (QED) is 0.688. The Morgan fingerprint density at radius 3 is 2.33 bits per heavy atom. The summed E-state index contributed by atoms with van der Waals surface area (Å²) in [5.74, 6) is -0.212. The van der Waals surface area contributed by atoms with Crippen molar-refractivity contribution in [2.75, 3.05) is 0 Å². The summed E-state index contributed by atoms with van der Waals surface area (Å²) in [5, 5.41) is 0. The first-order valence-corrected chi connectivity index (χ1v) is 4.86. The number of nitrogens with zero attached hydrogens (tertiary/aromatic N) is 1. The van der Waals surface area contributed by atoms with Crippen LogP contribution in [0.2, 0.25) is 0 Å². The van der Waals surface area contributed by atoms with E-state index in [1.807, 2.05) is 26.1 Å². The van der Waals surface area contributed by atoms with Crippen molar-refractivity contribution in [2.24, 2.45) is 0 Å². The van der Waals surface area contributed by atoms with E-state index in [0.717, 1.165) is 22.4 Å². The van der Waals surface area contributed by atoms with Crippen LogP contribution in [0.3, 0.4) is 0 Å². The molecule has 1 heterocycles. The fraction of sp³-hybridized carbons (Fsp3) is 0.154. The summed E-state index contributed by atoms with van der Waals surface area (Å²) in [4.78, 5) is 4.25. The SMILES string of the molecule is Cc1cc(C)c(-c2ccc(F)cc2)cn1. The van der Waals surface area contributed by atoms with Gasteiger partial charge < -0.3 is 0 Å². The molecule has 0 unspecified atom stereocenters. The van der Waals surface area contributed by atoms with Crippen molar-refractivity contribution in [2.45, 2.75) is 13.8 Å². The minimum atomic E-state index is -0.212. The molecule has 1 nitrogen and oxygen atoms in total. The summed E-state index contributed by atoms with van der Waals surface area (Å²) >= 11 is 0. The molecule has 0 saturated heterocycles. The third-order valence-electron chi connectivity index (χ3n) is 2.40. The molecule has 0 bridgehead atoms. The number of aryl methyl sites for hydroxylation is 2. The number of halogens is 1. The van der Waals surface area contributed by atoms with Crippen LogP contribution < -0.4 is 0 Å². The predicted molar refractivity (Wildman–Crippen MR) is 59.1 cm³/mol. The first-order chi connectivity index (χ1) is 7.16. The Kier molecular flexibility index (Phi) is 2.50. The summed E-state index contributed by atoms with van der Waals surface area (Å²) in [7, 11) is 0. The molecule has 0 aliphatic carbocycles. The average molecular weight is 201 g/mol. The van der Waals surface area contributed by atoms with Gasteiger partial charge in [0.1, 0.15) is 5.82 Å². The monoisotopic (exact) mass is 201 g/mol. The topological polar surface area (TPSA) is 12.9 Å². The molecule has 0 N–H and O–H groups in total. The fourth-order valence-corrected chi connectivity index (χ4v) is 1.63. The number of hydrogen-bond donors (Lipinski definition) is 0. The lowest BCUT2D eigenvalue weighted by Gasteiger charge is -2.05. The first-order valence-electron chi connectivity index (χ1n) is 4.86. The van der Waals surface area contributed by atoms with E-state index < -0.39 is 0 Å². The van der Waals surface area contributed by atoms with Gasteiger partial charge in [0.05, 0.1) is 0 Å². The largest absolute Gasteiger partial charge is 0.261 e. The van der Waals surface area contributed by atoms with Crippen LogP contribution in [0.5, 0.6) is 0 Å². The van der Waals surface area contributed by atoms with Gasteiger partial charge in [-0.2, -0.15) is 0 Å². The van der Waals surface area contributed by atoms with Crippen LogP contribution in [-0.4, -0.2) is 4.98 Å². The van der Waals surface area contributed by atoms with Crippen LogP contribution in [0.25, 0.3) is 11.1 Å². The second-order valence-electron chi connectivity index (χ2n) is 3.65. The summed E-state index contributed by atoms with van der Waals surface area (Å²) in [6, 6.07) is 8.51. The molecule has 76 valence electrons. The summed E-state index contributed by atoms with van der Waals surface area (Å²) < 4.78 is 12.8. The highest BCUT2D eigenvalue weighted by atomic mass is 19.1. The fourth-order valence-electron chi connectivity index (χ4n) is 1.63. The zero-order valence-corrected chi connectivity index (χ0v) is 8.79. The molecule has 0 saturated carbocycles. The minimum Gasteiger partial charge on any atom is -0.261 e. The lowest BCUT2D eigenvalue weighted by atomic mass is 10.0. The second kappa shape index (κ2) is 3.81. The number of rotatable bonds is 1. The molecule has 1 aromatic heterocycles. The van der Waals surface area contributed by atoms with Crippen LogP contribution >= 0.6 is 0 Å². The first kappa shape index (κ1) is 9.84. The average Bonchev–Trinajstić information content (AvgIpc) is 2.20. The van der Waals surface area contributed by atoms with Gasteiger partial charge in [0.25, 0.3) is 0 Å². The van der Waals surface area contributed by atoms with E-state index in [4.69, 9.17) is 0 Å². The van der Waals surface area contributed by atoms with Crippen molar-refractivity contribution in [3.05, 3.63) is 53.6 Å². The molecule has 0 fully saturated rings. The van der Waals surface area contributed by atoms with Gasteiger partial charge in [-0.05, 0) is 43.2 Å². The molecule has 2 heteroatoms. The summed E-state index contributed by atoms with van der Waals surface area (Å²) in [6.45, 7) is 3.99. The summed E-state index contributed by atoms with van der Waals surface area (Å²) in [5.41, 5.74) is 4.22. The second-order valence-corrected chi connectivity index (χ2v) is 3.65. The van der Waals surface area contributed by atoms with Crippen molar-refractivity contribution >= 4 is 0 Å². The van der Waals surface area contributed by atoms with Crippen molar-refractivity contribution in [1.29, 1.82) is 0 Å². The lowest BCUT2D eigenvalue weighted by molar-refractivity contribution is 0.628. The molecule has 0 amide bonds. The molecule has 0 spiro atoms. The maximum atomic E-state index is 12.8. The van der Waals surface area contributed by atoms with E-state index in [1.165, 1.54) is 12.1 Å². The van der Waals surface area contributed by atoms with E-state index in [9.17, 15) is 4.39 Å². The third-order valence-corrected chi connectivity index (χ3v) is 2.40. The molecule has 2 aromatic rings. The maximum Gasteiger partial charge on any atom is 0.123 e. The van der Waals surface area contributed by atoms with Crippen LogP contribution in [0, 0.1) is 19.7 Å². The van der Waals surface area contributed by atoms with Crippen molar-refractivity contribution in [3.63, 3.8) is 0 Å². The van der Waals surface area contributed by atoms with Gasteiger partial charge >= 0.3 is 0 Å². The Hall–Kier alpha value is -1.70. The van der Waals surface area contributed by atoms with Crippen LogP contribution in [0.4, 0.5) is 4.39 Å². The Labute approximate surface area is 88.6 Å². The zero-order valence-electron chi connectivity index (χ0n) is 8.79. The van der Waals surface area contributed by atoms with Crippen LogP contribution in [0.15, 0.2) is 36.5 Å². The van der Waals surface area contributed by atoms with Gasteiger partial charge in [-0.15, -0.1) is 0 Å². The molecule has 2 rings (SSSR count). The van der Waals surface area contributed by atoms with Crippen LogP contribution in [0.1, 0.15) is 11.3 Å². The number of hydrogen-bond acceptors (Lipinski definition) is 1. The Morgan fingerprint density at radius 1 is 1.07 bits per heavy atom. The van der Waals surface area contributed by atoms with Gasteiger partial charge in [0.15, 0.2) is 0 Å². The highest BCUT2D eigenvalue weighted by Gasteiger charge is 2.02. The van der Waals surface area contributed by atoms with Crippen LogP contribution in [-0.2, 0) is 0 Å².